The van der Waals surface area contributed by atoms with Crippen molar-refractivity contribution in [2.24, 2.45) is 0 Å². The summed E-state index contributed by atoms with van der Waals surface area (Å²) in [6.45, 7) is 3.28. The normalized spacial score (nSPS) is 11.6. The van der Waals surface area contributed by atoms with Gasteiger partial charge in [0.25, 0.3) is 0 Å². The number of hydrogen-bond donors (Lipinski definition) is 2. The molecule has 8 heteroatoms. The van der Waals surface area contributed by atoms with Crippen LogP contribution in [0.2, 0.25) is 0 Å². The number of benzene rings is 1. The Bertz CT molecular complexity index is 686. The van der Waals surface area contributed by atoms with Crippen molar-refractivity contribution in [2.45, 2.75) is 13.1 Å². The number of aryl methyl sites for hydroxylation is 1. The second-order valence-corrected chi connectivity index (χ2v) is 5.65. The number of rotatable bonds is 6. The molecule has 0 bridgehead atoms. The van der Waals surface area contributed by atoms with Gasteiger partial charge in [0.15, 0.2) is 0 Å². The Morgan fingerprint density at radius 1 is 1.12 bits per heavy atom. The van der Waals surface area contributed by atoms with Gasteiger partial charge in [-0.05, 0) is 39.2 Å². The monoisotopic (exact) mass is 339 g/mol. The van der Waals surface area contributed by atoms with Crippen LogP contribution in [0.1, 0.15) is 11.3 Å². The number of alkyl halides is 3. The number of hydrogen-bond acceptors (Lipinski definition) is 5. The third-order valence-corrected chi connectivity index (χ3v) is 3.16. The third kappa shape index (κ3) is 5.38. The molecule has 0 aliphatic rings. The minimum absolute atomic E-state index is 0.321. The molecule has 130 valence electrons. The number of nitrogens with zero attached hydrogens (tertiary/aromatic N) is 3. The molecule has 2 N–H and O–H groups in total. The molecule has 0 radical (unpaired) electrons. The molecule has 24 heavy (non-hydrogen) atoms. The van der Waals surface area contributed by atoms with E-state index in [-0.39, 0.29) is 0 Å². The van der Waals surface area contributed by atoms with Crippen LogP contribution >= 0.6 is 0 Å². The summed E-state index contributed by atoms with van der Waals surface area (Å²) in [5.74, 6) is 0.875. The van der Waals surface area contributed by atoms with E-state index < -0.39 is 11.7 Å². The molecule has 0 atom stereocenters. The molecule has 1 aromatic carbocycles. The molecule has 0 amide bonds. The van der Waals surface area contributed by atoms with Gasteiger partial charge < -0.3 is 15.5 Å². The van der Waals surface area contributed by atoms with Crippen molar-refractivity contribution in [3.8, 4) is 0 Å². The number of aromatic nitrogens is 2. The molecule has 1 heterocycles. The lowest BCUT2D eigenvalue weighted by Crippen LogP contribution is -2.21. The summed E-state index contributed by atoms with van der Waals surface area (Å²) in [5.41, 5.74) is 0.330. The number of anilines is 3. The summed E-state index contributed by atoms with van der Waals surface area (Å²) in [7, 11) is 3.92. The Hall–Kier alpha value is -2.35. The molecule has 0 aliphatic heterocycles. The van der Waals surface area contributed by atoms with E-state index in [4.69, 9.17) is 0 Å². The van der Waals surface area contributed by atoms with E-state index in [0.717, 1.165) is 18.7 Å². The van der Waals surface area contributed by atoms with Gasteiger partial charge in [0.2, 0.25) is 5.95 Å². The molecule has 0 saturated carbocycles. The second kappa shape index (κ2) is 7.48. The molecule has 1 aromatic heterocycles. The third-order valence-electron chi connectivity index (χ3n) is 3.16. The predicted octanol–water partition coefficient (Wildman–Crippen LogP) is 3.52. The molecular formula is C16H20F3N5. The number of halogens is 3. The van der Waals surface area contributed by atoms with E-state index in [1.165, 1.54) is 6.07 Å². The van der Waals surface area contributed by atoms with Gasteiger partial charge in [-0.25, -0.2) is 4.98 Å². The number of likely N-dealkylation sites (N-methyl/N-ethyl adjacent to an activating group) is 1. The Balaban J connectivity index is 2.13. The van der Waals surface area contributed by atoms with E-state index in [1.807, 2.05) is 19.0 Å². The Labute approximate surface area is 138 Å². The minimum atomic E-state index is -4.38. The van der Waals surface area contributed by atoms with Gasteiger partial charge in [0.05, 0.1) is 5.56 Å². The van der Waals surface area contributed by atoms with Crippen molar-refractivity contribution < 1.29 is 13.2 Å². The van der Waals surface area contributed by atoms with Crippen LogP contribution in [-0.2, 0) is 6.18 Å². The maximum atomic E-state index is 12.8. The summed E-state index contributed by atoms with van der Waals surface area (Å²) in [6, 6.07) is 6.68. The van der Waals surface area contributed by atoms with Crippen molar-refractivity contribution >= 4 is 17.5 Å². The van der Waals surface area contributed by atoms with Gasteiger partial charge in [-0.15, -0.1) is 0 Å². The molecule has 2 aromatic rings. The van der Waals surface area contributed by atoms with E-state index in [1.54, 1.807) is 19.1 Å². The molecule has 0 saturated heterocycles. The lowest BCUT2D eigenvalue weighted by atomic mass is 10.2. The van der Waals surface area contributed by atoms with Crippen LogP contribution in [0.5, 0.6) is 0 Å². The maximum Gasteiger partial charge on any atom is 0.416 e. The molecule has 0 fully saturated rings. The fraction of sp³-hybridized carbons (Fsp3) is 0.375. The lowest BCUT2D eigenvalue weighted by molar-refractivity contribution is -0.137. The summed E-state index contributed by atoms with van der Waals surface area (Å²) < 4.78 is 38.3. The molecule has 0 spiro atoms. The molecular weight excluding hydrogens is 319 g/mol. The molecule has 5 nitrogen and oxygen atoms in total. The SMILES string of the molecule is Cc1cc(Nc2cccc(C(F)(F)F)c2)nc(NCCN(C)C)n1. The predicted molar refractivity (Wildman–Crippen MR) is 88.5 cm³/mol. The van der Waals surface area contributed by atoms with Crippen molar-refractivity contribution in [2.75, 3.05) is 37.8 Å². The highest BCUT2D eigenvalue weighted by molar-refractivity contribution is 5.58. The first-order valence-corrected chi connectivity index (χ1v) is 7.42. The van der Waals surface area contributed by atoms with Crippen LogP contribution in [0.25, 0.3) is 0 Å². The van der Waals surface area contributed by atoms with E-state index in [9.17, 15) is 13.2 Å². The first-order chi connectivity index (χ1) is 11.2. The molecule has 2 rings (SSSR count). The molecule has 0 unspecified atom stereocenters. The summed E-state index contributed by atoms with van der Waals surface area (Å²) in [5, 5.41) is 5.99. The van der Waals surface area contributed by atoms with Gasteiger partial charge in [0.1, 0.15) is 5.82 Å². The minimum Gasteiger partial charge on any atom is -0.353 e. The van der Waals surface area contributed by atoms with Crippen molar-refractivity contribution in [1.82, 2.24) is 14.9 Å². The van der Waals surface area contributed by atoms with Crippen molar-refractivity contribution in [3.63, 3.8) is 0 Å². The van der Waals surface area contributed by atoms with Crippen LogP contribution in [0.4, 0.5) is 30.6 Å². The fourth-order valence-corrected chi connectivity index (χ4v) is 2.02. The van der Waals surface area contributed by atoms with Gasteiger partial charge in [-0.3, -0.25) is 0 Å². The topological polar surface area (TPSA) is 53.1 Å². The van der Waals surface area contributed by atoms with E-state index >= 15 is 0 Å². The average Bonchev–Trinajstić information content (AvgIpc) is 2.45. The number of nitrogens with one attached hydrogen (secondary N) is 2. The van der Waals surface area contributed by atoms with Gasteiger partial charge in [-0.2, -0.15) is 18.2 Å². The Morgan fingerprint density at radius 2 is 1.88 bits per heavy atom. The van der Waals surface area contributed by atoms with Crippen LogP contribution in [-0.4, -0.2) is 42.1 Å². The first-order valence-electron chi connectivity index (χ1n) is 7.42. The van der Waals surface area contributed by atoms with Crippen LogP contribution in [0.3, 0.4) is 0 Å². The van der Waals surface area contributed by atoms with E-state index in [0.29, 0.717) is 29.7 Å². The van der Waals surface area contributed by atoms with E-state index in [2.05, 4.69) is 20.6 Å². The summed E-state index contributed by atoms with van der Waals surface area (Å²) >= 11 is 0. The maximum absolute atomic E-state index is 12.8. The molecule has 0 aliphatic carbocycles. The smallest absolute Gasteiger partial charge is 0.353 e. The highest BCUT2D eigenvalue weighted by Crippen LogP contribution is 2.31. The lowest BCUT2D eigenvalue weighted by Gasteiger charge is -2.13. The quantitative estimate of drug-likeness (QED) is 0.843. The van der Waals surface area contributed by atoms with Gasteiger partial charge in [0, 0.05) is 30.5 Å². The fourth-order valence-electron chi connectivity index (χ4n) is 2.02. The highest BCUT2D eigenvalue weighted by atomic mass is 19.4. The van der Waals surface area contributed by atoms with Crippen LogP contribution in [0.15, 0.2) is 30.3 Å². The zero-order valence-electron chi connectivity index (χ0n) is 13.8. The van der Waals surface area contributed by atoms with Crippen LogP contribution < -0.4 is 10.6 Å². The van der Waals surface area contributed by atoms with Crippen LogP contribution in [0, 0.1) is 6.92 Å². The summed E-state index contributed by atoms with van der Waals surface area (Å²) in [4.78, 5) is 10.6. The summed E-state index contributed by atoms with van der Waals surface area (Å²) in [6.07, 6.45) is -4.38. The standard InChI is InChI=1S/C16H20F3N5/c1-11-9-14(23-15(21-11)20-7-8-24(2)3)22-13-6-4-5-12(10-13)16(17,18)19/h4-6,9-10H,7-8H2,1-3H3,(H2,20,21,22,23). The van der Waals surface area contributed by atoms with Crippen molar-refractivity contribution in [1.29, 1.82) is 0 Å². The largest absolute Gasteiger partial charge is 0.416 e. The van der Waals surface area contributed by atoms with Crippen molar-refractivity contribution in [3.05, 3.63) is 41.6 Å². The van der Waals surface area contributed by atoms with Gasteiger partial charge >= 0.3 is 6.18 Å². The second-order valence-electron chi connectivity index (χ2n) is 5.65. The zero-order chi connectivity index (χ0) is 17.7. The zero-order valence-corrected chi connectivity index (χ0v) is 13.8. The average molecular weight is 339 g/mol. The Kier molecular flexibility index (Phi) is 5.61. The van der Waals surface area contributed by atoms with Gasteiger partial charge in [-0.1, -0.05) is 6.07 Å². The highest BCUT2D eigenvalue weighted by Gasteiger charge is 2.30. The first kappa shape index (κ1) is 18.0. The Morgan fingerprint density at radius 3 is 2.54 bits per heavy atom.